The van der Waals surface area contributed by atoms with Crippen LogP contribution in [0.3, 0.4) is 0 Å². The van der Waals surface area contributed by atoms with Gasteiger partial charge in [0, 0.05) is 18.4 Å². The van der Waals surface area contributed by atoms with Gasteiger partial charge in [-0.25, -0.2) is 18.2 Å². The van der Waals surface area contributed by atoms with Crippen molar-refractivity contribution >= 4 is 44.9 Å². The molecule has 3 heterocycles. The van der Waals surface area contributed by atoms with E-state index in [1.54, 1.807) is 39.0 Å². The molecule has 16 nitrogen and oxygen atoms in total. The summed E-state index contributed by atoms with van der Waals surface area (Å²) < 4.78 is 44.9. The number of benzene rings is 1. The van der Waals surface area contributed by atoms with E-state index in [4.69, 9.17) is 14.2 Å². The standard InChI is InChI=1S/C38H52N6O10S/c1-7-22-16-21(2)10-8-9-11-23-19-38(23,35(48)43-55(50,51)26-13-14-26)42-31(45)29-18-25(20-44(29)34(47)30(22)41-36(49)54-37(3,4)5)53-33-32(46)39-27-15-12-24(52-6)17-28(27)40-33/h9,11-12,15,17,21-23,25-26,29-30H,7-8,10,13-14,16,18-20H2,1-6H3,(H,39,46)(H,41,49)(H,42,45)(H,43,48). The third-order valence-electron chi connectivity index (χ3n) is 10.8. The number of amides is 4. The first kappa shape index (κ1) is 40.0. The Labute approximate surface area is 320 Å². The van der Waals surface area contributed by atoms with E-state index in [9.17, 15) is 32.4 Å². The molecule has 2 aliphatic heterocycles. The van der Waals surface area contributed by atoms with Gasteiger partial charge in [0.25, 0.3) is 11.8 Å². The fraction of sp³-hybridized carbons (Fsp3) is 0.632. The third kappa shape index (κ3) is 9.08. The molecule has 55 heavy (non-hydrogen) atoms. The Balaban J connectivity index is 1.36. The molecule has 4 N–H and O–H groups in total. The van der Waals surface area contributed by atoms with Crippen LogP contribution in [0.1, 0.15) is 86.0 Å². The first-order valence-corrected chi connectivity index (χ1v) is 20.6. The lowest BCUT2D eigenvalue weighted by Gasteiger charge is -2.34. The van der Waals surface area contributed by atoms with Crippen LogP contribution in [0.25, 0.3) is 11.0 Å². The molecule has 4 aliphatic rings. The number of rotatable bonds is 8. The number of carbonyl (C=O) groups excluding carboxylic acids is 4. The number of ether oxygens (including phenoxy) is 3. The molecule has 1 aromatic heterocycles. The number of hydrogen-bond acceptors (Lipinski definition) is 11. The number of fused-ring (bicyclic) bond motifs is 3. The molecule has 0 spiro atoms. The summed E-state index contributed by atoms with van der Waals surface area (Å²) in [5, 5.41) is 4.99. The van der Waals surface area contributed by atoms with E-state index in [1.807, 2.05) is 19.1 Å². The van der Waals surface area contributed by atoms with Gasteiger partial charge in [-0.1, -0.05) is 32.4 Å². The van der Waals surface area contributed by atoms with Crippen molar-refractivity contribution in [2.24, 2.45) is 17.8 Å². The zero-order valence-corrected chi connectivity index (χ0v) is 33.0. The van der Waals surface area contributed by atoms with Crippen molar-refractivity contribution in [3.05, 3.63) is 40.7 Å². The second kappa shape index (κ2) is 15.5. The summed E-state index contributed by atoms with van der Waals surface area (Å²) in [5.41, 5.74) is -2.20. The van der Waals surface area contributed by atoms with E-state index in [0.717, 1.165) is 6.42 Å². The average molecular weight is 785 g/mol. The lowest BCUT2D eigenvalue weighted by molar-refractivity contribution is -0.142. The third-order valence-corrected chi connectivity index (χ3v) is 12.6. The topological polar surface area (TPSA) is 215 Å². The van der Waals surface area contributed by atoms with E-state index >= 15 is 0 Å². The Hall–Kier alpha value is -4.67. The highest BCUT2D eigenvalue weighted by atomic mass is 32.2. The van der Waals surface area contributed by atoms with Crippen LogP contribution < -0.4 is 30.4 Å². The molecule has 2 aliphatic carbocycles. The monoisotopic (exact) mass is 784 g/mol. The minimum absolute atomic E-state index is 0.0974. The second-order valence-electron chi connectivity index (χ2n) is 16.3. The Morgan fingerprint density at radius 1 is 1.11 bits per heavy atom. The van der Waals surface area contributed by atoms with Crippen molar-refractivity contribution < 1.29 is 41.8 Å². The molecule has 3 fully saturated rings. The molecule has 2 aromatic rings. The summed E-state index contributed by atoms with van der Waals surface area (Å²) in [6, 6.07) is 2.62. The van der Waals surface area contributed by atoms with E-state index in [1.165, 1.54) is 12.0 Å². The highest BCUT2D eigenvalue weighted by Crippen LogP contribution is 2.46. The molecule has 6 rings (SSSR count). The molecule has 4 amide bonds. The average Bonchev–Trinajstić information content (AvgIpc) is 4.04. The number of hydrogen-bond donors (Lipinski definition) is 4. The number of H-pyrrole nitrogens is 1. The Kier molecular flexibility index (Phi) is 11.2. The summed E-state index contributed by atoms with van der Waals surface area (Å²) >= 11 is 0. The van der Waals surface area contributed by atoms with Gasteiger partial charge in [-0.15, -0.1) is 0 Å². The SMILES string of the molecule is CCC1CC(C)CCC=CC2CC2(C(=O)NS(=O)(=O)C2CC2)NC(=O)C2CC(Oc3nc4cc(OC)ccc4[nH]c3=O)CN2C(=O)C1NC(=O)OC(C)(C)C. The number of alkyl carbamates (subject to hydrolysis) is 1. The quantitative estimate of drug-likeness (QED) is 0.286. The molecule has 17 heteroatoms. The largest absolute Gasteiger partial charge is 0.497 e. The summed E-state index contributed by atoms with van der Waals surface area (Å²) in [7, 11) is -2.43. The van der Waals surface area contributed by atoms with Crippen molar-refractivity contribution in [3.63, 3.8) is 0 Å². The summed E-state index contributed by atoms with van der Waals surface area (Å²) in [5.74, 6) is -2.56. The van der Waals surface area contributed by atoms with Crippen molar-refractivity contribution in [3.8, 4) is 11.6 Å². The van der Waals surface area contributed by atoms with Crippen molar-refractivity contribution in [2.75, 3.05) is 13.7 Å². The lowest BCUT2D eigenvalue weighted by Crippen LogP contribution is -2.59. The van der Waals surface area contributed by atoms with Gasteiger partial charge in [-0.3, -0.25) is 23.9 Å². The molecule has 1 aromatic carbocycles. The Bertz CT molecular complexity index is 2020. The number of sulfonamides is 1. The highest BCUT2D eigenvalue weighted by Gasteiger charge is 2.62. The highest BCUT2D eigenvalue weighted by molar-refractivity contribution is 7.91. The number of allylic oxidation sites excluding steroid dienone is 1. The van der Waals surface area contributed by atoms with Gasteiger partial charge >= 0.3 is 11.7 Å². The zero-order valence-electron chi connectivity index (χ0n) is 32.2. The molecular formula is C38H52N6O10S. The maximum atomic E-state index is 14.8. The fourth-order valence-corrected chi connectivity index (χ4v) is 8.92. The van der Waals surface area contributed by atoms with Crippen molar-refractivity contribution in [2.45, 2.75) is 121 Å². The molecular weight excluding hydrogens is 733 g/mol. The number of aromatic nitrogens is 2. The van der Waals surface area contributed by atoms with Crippen LogP contribution in [0.15, 0.2) is 35.1 Å². The molecule has 0 radical (unpaired) electrons. The van der Waals surface area contributed by atoms with Crippen LogP contribution in [0.4, 0.5) is 4.79 Å². The summed E-state index contributed by atoms with van der Waals surface area (Å²) in [6.07, 6.45) is 5.55. The molecule has 300 valence electrons. The number of aromatic amines is 1. The van der Waals surface area contributed by atoms with Gasteiger partial charge in [0.05, 0.1) is 29.9 Å². The number of carbonyl (C=O) groups is 4. The maximum absolute atomic E-state index is 14.8. The number of nitrogens with zero attached hydrogens (tertiary/aromatic N) is 2. The number of methoxy groups -OCH3 is 1. The smallest absolute Gasteiger partial charge is 0.408 e. The predicted molar refractivity (Wildman–Crippen MR) is 202 cm³/mol. The fourth-order valence-electron chi connectivity index (χ4n) is 7.56. The van der Waals surface area contributed by atoms with Crippen LogP contribution in [0.2, 0.25) is 0 Å². The molecule has 7 unspecified atom stereocenters. The van der Waals surface area contributed by atoms with Crippen molar-refractivity contribution in [1.82, 2.24) is 30.2 Å². The number of nitrogens with one attached hydrogen (secondary N) is 4. The van der Waals surface area contributed by atoms with Gasteiger partial charge in [-0.05, 0) is 83.3 Å². The maximum Gasteiger partial charge on any atom is 0.408 e. The zero-order chi connectivity index (χ0) is 39.9. The normalized spacial score (nSPS) is 28.9. The van der Waals surface area contributed by atoms with Crippen LogP contribution in [-0.4, -0.2) is 95.3 Å². The summed E-state index contributed by atoms with van der Waals surface area (Å²) in [4.78, 5) is 77.9. The Morgan fingerprint density at radius 3 is 2.53 bits per heavy atom. The van der Waals surface area contributed by atoms with Gasteiger partial charge < -0.3 is 34.7 Å². The first-order valence-electron chi connectivity index (χ1n) is 19.0. The Morgan fingerprint density at radius 2 is 1.85 bits per heavy atom. The van der Waals surface area contributed by atoms with Crippen molar-refractivity contribution in [1.29, 1.82) is 0 Å². The van der Waals surface area contributed by atoms with Crippen LogP contribution in [0, 0.1) is 17.8 Å². The van der Waals surface area contributed by atoms with E-state index < -0.39 is 79.9 Å². The van der Waals surface area contributed by atoms with Crippen LogP contribution in [0.5, 0.6) is 11.6 Å². The molecule has 2 saturated carbocycles. The second-order valence-corrected chi connectivity index (χ2v) is 18.3. The minimum Gasteiger partial charge on any atom is -0.497 e. The minimum atomic E-state index is -3.93. The van der Waals surface area contributed by atoms with Gasteiger partial charge in [0.2, 0.25) is 21.8 Å². The van der Waals surface area contributed by atoms with E-state index in [-0.39, 0.29) is 37.1 Å². The first-order chi connectivity index (χ1) is 25.9. The van der Waals surface area contributed by atoms with Gasteiger partial charge in [-0.2, -0.15) is 0 Å². The molecule has 1 saturated heterocycles. The molecule has 0 bridgehead atoms. The van der Waals surface area contributed by atoms with Gasteiger partial charge in [0.15, 0.2) is 0 Å². The summed E-state index contributed by atoms with van der Waals surface area (Å²) in [6.45, 7) is 8.98. The predicted octanol–water partition coefficient (Wildman–Crippen LogP) is 3.06. The lowest BCUT2D eigenvalue weighted by atomic mass is 9.85. The van der Waals surface area contributed by atoms with E-state index in [0.29, 0.717) is 48.9 Å². The van der Waals surface area contributed by atoms with Gasteiger partial charge in [0.1, 0.15) is 35.1 Å². The van der Waals surface area contributed by atoms with Crippen LogP contribution in [-0.2, 0) is 29.1 Å². The molecule has 7 atom stereocenters. The van der Waals surface area contributed by atoms with E-state index in [2.05, 4.69) is 32.2 Å². The van der Waals surface area contributed by atoms with Crippen LogP contribution >= 0.6 is 0 Å².